The van der Waals surface area contributed by atoms with E-state index in [9.17, 15) is 9.59 Å². The molecule has 3 N–H and O–H groups in total. The molecule has 0 bridgehead atoms. The van der Waals surface area contributed by atoms with Crippen molar-refractivity contribution in [1.29, 1.82) is 0 Å². The molecule has 34 heavy (non-hydrogen) atoms. The third-order valence-electron chi connectivity index (χ3n) is 6.27. The Hall–Kier alpha value is -3.61. The van der Waals surface area contributed by atoms with Gasteiger partial charge < -0.3 is 15.0 Å². The van der Waals surface area contributed by atoms with E-state index in [0.29, 0.717) is 5.75 Å². The number of carbonyl (C=O) groups is 2. The van der Waals surface area contributed by atoms with E-state index in [1.165, 1.54) is 24.0 Å². The first kappa shape index (κ1) is 23.5. The van der Waals surface area contributed by atoms with Gasteiger partial charge >= 0.3 is 0 Å². The van der Waals surface area contributed by atoms with Gasteiger partial charge in [0.2, 0.25) is 0 Å². The van der Waals surface area contributed by atoms with Crippen molar-refractivity contribution in [2.24, 2.45) is 11.0 Å². The van der Waals surface area contributed by atoms with E-state index in [0.717, 1.165) is 35.0 Å². The summed E-state index contributed by atoms with van der Waals surface area (Å²) in [4.78, 5) is 28.6. The number of aryl methyl sites for hydroxylation is 3. The van der Waals surface area contributed by atoms with Crippen LogP contribution in [0.4, 0.5) is 0 Å². The Labute approximate surface area is 200 Å². The van der Waals surface area contributed by atoms with Crippen LogP contribution in [0.2, 0.25) is 0 Å². The van der Waals surface area contributed by atoms with Gasteiger partial charge in [0.05, 0.1) is 6.21 Å². The van der Waals surface area contributed by atoms with E-state index in [2.05, 4.69) is 26.9 Å². The molecule has 2 aromatic carbocycles. The minimum absolute atomic E-state index is 0.113. The lowest BCUT2D eigenvalue weighted by atomic mass is 9.92. The van der Waals surface area contributed by atoms with Crippen LogP contribution in [0.5, 0.6) is 5.75 Å². The number of rotatable bonds is 8. The molecule has 0 saturated carbocycles. The Morgan fingerprint density at radius 1 is 1.12 bits per heavy atom. The molecule has 2 amide bonds. The van der Waals surface area contributed by atoms with Crippen molar-refractivity contribution < 1.29 is 14.3 Å². The summed E-state index contributed by atoms with van der Waals surface area (Å²) < 4.78 is 5.70. The smallest absolute Gasteiger partial charge is 0.262 e. The lowest BCUT2D eigenvalue weighted by molar-refractivity contribution is -0.131. The topological polar surface area (TPSA) is 95.6 Å². The number of carbonyl (C=O) groups excluding carboxylic acids is 2. The molecule has 1 aliphatic carbocycles. The molecule has 1 heterocycles. The summed E-state index contributed by atoms with van der Waals surface area (Å²) in [7, 11) is 0. The predicted octanol–water partition coefficient (Wildman–Crippen LogP) is 4.03. The third-order valence-corrected chi connectivity index (χ3v) is 6.27. The summed E-state index contributed by atoms with van der Waals surface area (Å²) in [6, 6.07) is 13.2. The molecule has 1 aliphatic rings. The Balaban J connectivity index is 1.33. The number of ether oxygens (including phenoxy) is 1. The SMILES string of the molecule is Cc1[nH]c2ccccc2c1/C=N\NC(=O)[C@H](NC(=O)COc1ccc2c(c1)CCCC2)C(C)C. The number of aromatic amines is 1. The molecule has 0 aliphatic heterocycles. The predicted molar refractivity (Wildman–Crippen MR) is 134 cm³/mol. The van der Waals surface area contributed by atoms with Gasteiger partial charge in [-0.1, -0.05) is 38.1 Å². The highest BCUT2D eigenvalue weighted by Crippen LogP contribution is 2.25. The minimum atomic E-state index is -0.721. The Kier molecular flexibility index (Phi) is 7.30. The Morgan fingerprint density at radius 3 is 2.68 bits per heavy atom. The molecule has 4 rings (SSSR count). The number of H-pyrrole nitrogens is 1. The van der Waals surface area contributed by atoms with Gasteiger partial charge in [-0.15, -0.1) is 0 Å². The molecular weight excluding hydrogens is 428 g/mol. The van der Waals surface area contributed by atoms with Gasteiger partial charge in [0.15, 0.2) is 6.61 Å². The molecule has 0 radical (unpaired) electrons. The van der Waals surface area contributed by atoms with Crippen LogP contribution >= 0.6 is 0 Å². The molecule has 0 spiro atoms. The second-order valence-corrected chi connectivity index (χ2v) is 9.16. The summed E-state index contributed by atoms with van der Waals surface area (Å²) in [5.41, 5.74) is 8.12. The summed E-state index contributed by atoms with van der Waals surface area (Å²) >= 11 is 0. The first-order valence-corrected chi connectivity index (χ1v) is 11.9. The largest absolute Gasteiger partial charge is 0.484 e. The van der Waals surface area contributed by atoms with Crippen molar-refractivity contribution in [2.75, 3.05) is 6.61 Å². The van der Waals surface area contributed by atoms with Gasteiger partial charge in [0.1, 0.15) is 11.8 Å². The monoisotopic (exact) mass is 460 g/mol. The molecular formula is C27H32N4O3. The van der Waals surface area contributed by atoms with Crippen LogP contribution in [-0.4, -0.2) is 35.7 Å². The first-order valence-electron chi connectivity index (χ1n) is 11.9. The quantitative estimate of drug-likeness (QED) is 0.350. The van der Waals surface area contributed by atoms with Crippen LogP contribution in [-0.2, 0) is 22.4 Å². The minimum Gasteiger partial charge on any atom is -0.484 e. The Bertz CT molecular complexity index is 1210. The van der Waals surface area contributed by atoms with Crippen LogP contribution in [0.15, 0.2) is 47.6 Å². The highest BCUT2D eigenvalue weighted by atomic mass is 16.5. The van der Waals surface area contributed by atoms with Crippen LogP contribution in [0.25, 0.3) is 10.9 Å². The lowest BCUT2D eigenvalue weighted by Crippen LogP contribution is -2.49. The number of nitrogens with one attached hydrogen (secondary N) is 3. The maximum absolute atomic E-state index is 12.7. The van der Waals surface area contributed by atoms with Crippen LogP contribution in [0.1, 0.15) is 49.1 Å². The number of aromatic nitrogens is 1. The van der Waals surface area contributed by atoms with Gasteiger partial charge in [-0.25, -0.2) is 5.43 Å². The highest BCUT2D eigenvalue weighted by Gasteiger charge is 2.24. The molecule has 3 aromatic rings. The fourth-order valence-corrected chi connectivity index (χ4v) is 4.39. The molecule has 7 heteroatoms. The zero-order valence-corrected chi connectivity index (χ0v) is 20.0. The number of para-hydroxylation sites is 1. The van der Waals surface area contributed by atoms with Crippen molar-refractivity contribution >= 4 is 28.9 Å². The maximum Gasteiger partial charge on any atom is 0.262 e. The van der Waals surface area contributed by atoms with E-state index >= 15 is 0 Å². The average molecular weight is 461 g/mol. The average Bonchev–Trinajstić information content (AvgIpc) is 3.15. The van der Waals surface area contributed by atoms with Gasteiger partial charge in [-0.3, -0.25) is 9.59 Å². The molecule has 1 aromatic heterocycles. The van der Waals surface area contributed by atoms with E-state index in [1.807, 2.05) is 57.2 Å². The summed E-state index contributed by atoms with van der Waals surface area (Å²) in [5, 5.41) is 7.95. The highest BCUT2D eigenvalue weighted by molar-refractivity contribution is 6.01. The van der Waals surface area contributed by atoms with Gasteiger partial charge in [0.25, 0.3) is 11.8 Å². The van der Waals surface area contributed by atoms with Crippen molar-refractivity contribution in [3.63, 3.8) is 0 Å². The fraction of sp³-hybridized carbons (Fsp3) is 0.370. The van der Waals surface area contributed by atoms with Crippen LogP contribution < -0.4 is 15.5 Å². The zero-order valence-electron chi connectivity index (χ0n) is 20.0. The number of nitrogens with zero attached hydrogens (tertiary/aromatic N) is 1. The molecule has 7 nitrogen and oxygen atoms in total. The van der Waals surface area contributed by atoms with Crippen molar-refractivity contribution in [2.45, 2.75) is 52.5 Å². The van der Waals surface area contributed by atoms with Crippen molar-refractivity contribution in [3.05, 3.63) is 64.8 Å². The second kappa shape index (κ2) is 10.5. The van der Waals surface area contributed by atoms with Gasteiger partial charge in [-0.2, -0.15) is 5.10 Å². The lowest BCUT2D eigenvalue weighted by Gasteiger charge is -2.21. The van der Waals surface area contributed by atoms with Gasteiger partial charge in [-0.05, 0) is 67.9 Å². The van der Waals surface area contributed by atoms with Crippen molar-refractivity contribution in [3.8, 4) is 5.75 Å². The number of hydrogen-bond donors (Lipinski definition) is 3. The van der Waals surface area contributed by atoms with E-state index in [-0.39, 0.29) is 24.3 Å². The third kappa shape index (κ3) is 5.47. The summed E-state index contributed by atoms with van der Waals surface area (Å²) in [6.07, 6.45) is 6.19. The fourth-order valence-electron chi connectivity index (χ4n) is 4.39. The number of hydrogen-bond acceptors (Lipinski definition) is 4. The molecule has 0 fully saturated rings. The zero-order chi connectivity index (χ0) is 24.1. The second-order valence-electron chi connectivity index (χ2n) is 9.16. The van der Waals surface area contributed by atoms with E-state index in [4.69, 9.17) is 4.74 Å². The van der Waals surface area contributed by atoms with Gasteiger partial charge in [0, 0.05) is 22.2 Å². The summed E-state index contributed by atoms with van der Waals surface area (Å²) in [5.74, 6) is -0.147. The number of fused-ring (bicyclic) bond motifs is 2. The number of amides is 2. The van der Waals surface area contributed by atoms with Crippen LogP contribution in [0.3, 0.4) is 0 Å². The molecule has 0 unspecified atom stereocenters. The molecule has 0 saturated heterocycles. The molecule has 178 valence electrons. The number of benzene rings is 2. The maximum atomic E-state index is 12.7. The Morgan fingerprint density at radius 2 is 1.88 bits per heavy atom. The first-order chi connectivity index (χ1) is 16.4. The standard InChI is InChI=1S/C27H32N4O3/c1-17(2)26(27(33)31-28-15-23-18(3)29-24-11-7-6-10-22(23)24)30-25(32)16-34-21-13-12-19-8-4-5-9-20(19)14-21/h6-7,10-15,17,26,29H,4-5,8-9,16H2,1-3H3,(H,30,32)(H,31,33)/b28-15-/t26-/m1/s1. The van der Waals surface area contributed by atoms with Crippen LogP contribution in [0, 0.1) is 12.8 Å². The number of hydrazone groups is 1. The summed E-state index contributed by atoms with van der Waals surface area (Å²) in [6.45, 7) is 5.57. The van der Waals surface area contributed by atoms with E-state index < -0.39 is 6.04 Å². The normalized spacial score (nSPS) is 14.2. The molecule has 1 atom stereocenters. The van der Waals surface area contributed by atoms with Crippen molar-refractivity contribution in [1.82, 2.24) is 15.7 Å². The van der Waals surface area contributed by atoms with E-state index in [1.54, 1.807) is 6.21 Å².